The molecule has 0 bridgehead atoms. The third-order valence-electron chi connectivity index (χ3n) is 4.27. The number of carbonyl (C=O) groups excluding carboxylic acids is 2. The van der Waals surface area contributed by atoms with E-state index in [-0.39, 0.29) is 31.5 Å². The summed E-state index contributed by atoms with van der Waals surface area (Å²) in [6, 6.07) is 16.3. The highest BCUT2D eigenvalue weighted by atomic mass is 32.2. The first kappa shape index (κ1) is 21.0. The third kappa shape index (κ3) is 5.03. The summed E-state index contributed by atoms with van der Waals surface area (Å²) < 4.78 is 5.47. The lowest BCUT2D eigenvalue weighted by molar-refractivity contribution is -0.127. The smallest absolute Gasteiger partial charge is 0.266 e. The summed E-state index contributed by atoms with van der Waals surface area (Å²) in [5.41, 5.74) is 1.49. The Labute approximate surface area is 178 Å². The highest BCUT2D eigenvalue weighted by Gasteiger charge is 2.34. The van der Waals surface area contributed by atoms with E-state index in [9.17, 15) is 14.7 Å². The number of methoxy groups -OCH3 is 1. The van der Waals surface area contributed by atoms with Crippen LogP contribution in [0.4, 0.5) is 5.69 Å². The van der Waals surface area contributed by atoms with Crippen LogP contribution in [0.3, 0.4) is 0 Å². The van der Waals surface area contributed by atoms with Gasteiger partial charge in [0, 0.05) is 12.2 Å². The lowest BCUT2D eigenvalue weighted by Gasteiger charge is -2.24. The van der Waals surface area contributed by atoms with Gasteiger partial charge in [-0.15, -0.1) is 0 Å². The molecule has 1 N–H and O–H groups in total. The zero-order valence-electron chi connectivity index (χ0n) is 15.8. The number of para-hydroxylation sites is 1. The Kier molecular flexibility index (Phi) is 7.03. The standard InChI is InChI=1S/C21H20N2O4S2/c1-27-17-9-7-15(8-10-17)13-18-20(26)23(21(28)29-18)14-19(25)22(11-12-24)16-5-3-2-4-6-16/h2-10,13,24H,11-12,14H2,1H3/b18-13-. The number of nitrogens with zero attached hydrogens (tertiary/aromatic N) is 2. The van der Waals surface area contributed by atoms with E-state index < -0.39 is 0 Å². The number of hydrogen-bond donors (Lipinski definition) is 1. The molecule has 0 atom stereocenters. The normalized spacial score (nSPS) is 15.1. The van der Waals surface area contributed by atoms with Crippen LogP contribution in [0.5, 0.6) is 5.75 Å². The fourth-order valence-corrected chi connectivity index (χ4v) is 4.07. The second-order valence-corrected chi connectivity index (χ2v) is 7.82. The van der Waals surface area contributed by atoms with E-state index in [0.717, 1.165) is 11.3 Å². The molecule has 0 radical (unpaired) electrons. The number of hydrogen-bond acceptors (Lipinski definition) is 6. The first-order valence-electron chi connectivity index (χ1n) is 8.89. The van der Waals surface area contributed by atoms with E-state index in [2.05, 4.69) is 0 Å². The molecule has 1 fully saturated rings. The maximum atomic E-state index is 12.8. The van der Waals surface area contributed by atoms with Crippen LogP contribution in [0.1, 0.15) is 5.56 Å². The van der Waals surface area contributed by atoms with Crippen molar-refractivity contribution in [2.75, 3.05) is 31.7 Å². The summed E-state index contributed by atoms with van der Waals surface area (Å²) in [7, 11) is 1.59. The third-order valence-corrected chi connectivity index (χ3v) is 5.65. The number of anilines is 1. The molecule has 1 aliphatic rings. The average molecular weight is 429 g/mol. The SMILES string of the molecule is COc1ccc(/C=C2\SC(=S)N(CC(=O)N(CCO)c3ccccc3)C2=O)cc1. The van der Waals surface area contributed by atoms with E-state index in [1.54, 1.807) is 25.3 Å². The van der Waals surface area contributed by atoms with Crippen molar-refractivity contribution in [1.82, 2.24) is 4.90 Å². The maximum Gasteiger partial charge on any atom is 0.266 e. The van der Waals surface area contributed by atoms with Crippen molar-refractivity contribution in [3.8, 4) is 5.75 Å². The molecular formula is C21H20N2O4S2. The molecule has 3 rings (SSSR count). The number of thioether (sulfide) groups is 1. The Morgan fingerprint density at radius 3 is 2.52 bits per heavy atom. The quantitative estimate of drug-likeness (QED) is 0.540. The fraction of sp³-hybridized carbons (Fsp3) is 0.190. The molecule has 0 unspecified atom stereocenters. The monoisotopic (exact) mass is 428 g/mol. The molecule has 2 aromatic carbocycles. The molecule has 0 saturated carbocycles. The van der Waals surface area contributed by atoms with Crippen molar-refractivity contribution in [2.24, 2.45) is 0 Å². The zero-order valence-corrected chi connectivity index (χ0v) is 17.4. The second kappa shape index (κ2) is 9.69. The van der Waals surface area contributed by atoms with Crippen LogP contribution < -0.4 is 9.64 Å². The number of ether oxygens (including phenoxy) is 1. The molecule has 1 aliphatic heterocycles. The summed E-state index contributed by atoms with van der Waals surface area (Å²) in [6.07, 6.45) is 1.74. The zero-order chi connectivity index (χ0) is 20.8. The van der Waals surface area contributed by atoms with Gasteiger partial charge in [0.05, 0.1) is 18.6 Å². The van der Waals surface area contributed by atoms with Gasteiger partial charge in [-0.2, -0.15) is 0 Å². The number of rotatable bonds is 7. The molecule has 150 valence electrons. The van der Waals surface area contributed by atoms with Gasteiger partial charge in [0.15, 0.2) is 0 Å². The van der Waals surface area contributed by atoms with Gasteiger partial charge >= 0.3 is 0 Å². The molecule has 0 aromatic heterocycles. The highest BCUT2D eigenvalue weighted by molar-refractivity contribution is 8.26. The highest BCUT2D eigenvalue weighted by Crippen LogP contribution is 2.33. The van der Waals surface area contributed by atoms with E-state index >= 15 is 0 Å². The van der Waals surface area contributed by atoms with Gasteiger partial charge in [-0.3, -0.25) is 14.5 Å². The molecule has 2 amide bonds. The van der Waals surface area contributed by atoms with E-state index in [1.807, 2.05) is 42.5 Å². The molecule has 29 heavy (non-hydrogen) atoms. The Bertz CT molecular complexity index is 929. The minimum atomic E-state index is -0.313. The van der Waals surface area contributed by atoms with Gasteiger partial charge in [0.2, 0.25) is 5.91 Å². The minimum Gasteiger partial charge on any atom is -0.497 e. The molecule has 0 aliphatic carbocycles. The topological polar surface area (TPSA) is 70.1 Å². The van der Waals surface area contributed by atoms with Crippen molar-refractivity contribution in [1.29, 1.82) is 0 Å². The minimum absolute atomic E-state index is 0.138. The van der Waals surface area contributed by atoms with Crippen molar-refractivity contribution in [2.45, 2.75) is 0 Å². The van der Waals surface area contributed by atoms with Gasteiger partial charge in [-0.05, 0) is 35.9 Å². The van der Waals surface area contributed by atoms with Gasteiger partial charge in [-0.1, -0.05) is 54.3 Å². The summed E-state index contributed by atoms with van der Waals surface area (Å²) >= 11 is 6.49. The van der Waals surface area contributed by atoms with E-state index in [1.165, 1.54) is 21.6 Å². The van der Waals surface area contributed by atoms with Gasteiger partial charge in [-0.25, -0.2) is 0 Å². The largest absolute Gasteiger partial charge is 0.497 e. The van der Waals surface area contributed by atoms with Gasteiger partial charge < -0.3 is 14.7 Å². The van der Waals surface area contributed by atoms with E-state index in [4.69, 9.17) is 17.0 Å². The summed E-state index contributed by atoms with van der Waals surface area (Å²) in [5.74, 6) is 0.110. The summed E-state index contributed by atoms with van der Waals surface area (Å²) in [4.78, 5) is 28.8. The van der Waals surface area contributed by atoms with Crippen LogP contribution in [0.2, 0.25) is 0 Å². The van der Waals surface area contributed by atoms with Crippen LogP contribution >= 0.6 is 24.0 Å². The van der Waals surface area contributed by atoms with Crippen molar-refractivity contribution in [3.05, 3.63) is 65.1 Å². The molecule has 2 aromatic rings. The number of carbonyl (C=O) groups is 2. The number of aliphatic hydroxyl groups excluding tert-OH is 1. The van der Waals surface area contributed by atoms with Crippen LogP contribution in [-0.2, 0) is 9.59 Å². The van der Waals surface area contributed by atoms with E-state index in [0.29, 0.717) is 14.9 Å². The predicted octanol–water partition coefficient (Wildman–Crippen LogP) is 2.92. The van der Waals surface area contributed by atoms with Crippen LogP contribution in [0, 0.1) is 0 Å². The number of aliphatic hydroxyl groups is 1. The van der Waals surface area contributed by atoms with Crippen molar-refractivity contribution in [3.63, 3.8) is 0 Å². The predicted molar refractivity (Wildman–Crippen MR) is 119 cm³/mol. The molecule has 0 spiro atoms. The Hall–Kier alpha value is -2.68. The first-order valence-corrected chi connectivity index (χ1v) is 10.1. The second-order valence-electron chi connectivity index (χ2n) is 6.15. The summed E-state index contributed by atoms with van der Waals surface area (Å²) in [6.45, 7) is -0.227. The first-order chi connectivity index (χ1) is 14.0. The van der Waals surface area contributed by atoms with Gasteiger partial charge in [0.1, 0.15) is 16.6 Å². The lowest BCUT2D eigenvalue weighted by Crippen LogP contribution is -2.43. The Morgan fingerprint density at radius 1 is 1.21 bits per heavy atom. The molecular weight excluding hydrogens is 408 g/mol. The number of amides is 2. The molecule has 6 nitrogen and oxygen atoms in total. The Balaban J connectivity index is 1.75. The van der Waals surface area contributed by atoms with Crippen molar-refractivity contribution < 1.29 is 19.4 Å². The molecule has 1 heterocycles. The van der Waals surface area contributed by atoms with Crippen LogP contribution in [0.15, 0.2) is 59.5 Å². The lowest BCUT2D eigenvalue weighted by atomic mass is 10.2. The van der Waals surface area contributed by atoms with Crippen molar-refractivity contribution >= 4 is 51.9 Å². The number of thiocarbonyl (C=S) groups is 1. The number of benzene rings is 2. The Morgan fingerprint density at radius 2 is 1.90 bits per heavy atom. The van der Waals surface area contributed by atoms with Gasteiger partial charge in [0.25, 0.3) is 5.91 Å². The fourth-order valence-electron chi connectivity index (χ4n) is 2.81. The van der Waals surface area contributed by atoms with Crippen LogP contribution in [-0.4, -0.2) is 52.9 Å². The average Bonchev–Trinajstić information content (AvgIpc) is 3.00. The summed E-state index contributed by atoms with van der Waals surface area (Å²) in [5, 5.41) is 9.33. The maximum absolute atomic E-state index is 12.8. The molecule has 1 saturated heterocycles. The molecule has 8 heteroatoms. The van der Waals surface area contributed by atoms with Crippen LogP contribution in [0.25, 0.3) is 6.08 Å².